The fourth-order valence-corrected chi connectivity index (χ4v) is 9.81. The minimum Gasteiger partial charge on any atom is -0.384 e. The molecule has 0 saturated carbocycles. The molecule has 2 aromatic carbocycles. The number of hydrogen-bond donors (Lipinski definition) is 3. The third-order valence-electron chi connectivity index (χ3n) is 13.4. The molecule has 10 rings (SSSR count). The number of hydrogen-bond acceptors (Lipinski definition) is 12. The maximum atomic E-state index is 13.6. The van der Waals surface area contributed by atoms with Crippen molar-refractivity contribution in [2.45, 2.75) is 63.6 Å². The second kappa shape index (κ2) is 16.3. The number of allylic oxidation sites excluding steroid dienone is 2. The molecule has 3 N–H and O–H groups in total. The number of piperidine rings is 2. The van der Waals surface area contributed by atoms with Gasteiger partial charge in [-0.25, -0.2) is 24.1 Å². The Hall–Kier alpha value is -6.59. The van der Waals surface area contributed by atoms with Crippen LogP contribution in [-0.4, -0.2) is 101 Å². The number of nitrogens with one attached hydrogen (secondary N) is 2. The smallest absolute Gasteiger partial charge is 0.329 e. The molecule has 4 aliphatic heterocycles. The third-order valence-corrected chi connectivity index (χ3v) is 13.4. The molecule has 4 aromatic heterocycles. The summed E-state index contributed by atoms with van der Waals surface area (Å²) in [6.07, 6.45) is 9.28. The Balaban J connectivity index is 0.760. The van der Waals surface area contributed by atoms with Gasteiger partial charge in [-0.05, 0) is 93.5 Å². The topological polar surface area (TPSA) is 181 Å². The highest BCUT2D eigenvalue weighted by Gasteiger charge is 2.33. The van der Waals surface area contributed by atoms with Crippen molar-refractivity contribution in [1.29, 1.82) is 0 Å². The van der Waals surface area contributed by atoms with E-state index in [0.29, 0.717) is 60.2 Å². The van der Waals surface area contributed by atoms with Gasteiger partial charge in [0.25, 0.3) is 5.56 Å². The van der Waals surface area contributed by atoms with E-state index in [-0.39, 0.29) is 23.6 Å². The second-order valence-electron chi connectivity index (χ2n) is 17.5. The highest BCUT2D eigenvalue weighted by molar-refractivity contribution is 6.00. The molecule has 2 bridgehead atoms. The molecule has 63 heavy (non-hydrogen) atoms. The van der Waals surface area contributed by atoms with Crippen LogP contribution in [0.1, 0.15) is 57.2 Å². The van der Waals surface area contributed by atoms with Gasteiger partial charge in [-0.15, -0.1) is 0 Å². The zero-order valence-electron chi connectivity index (χ0n) is 35.6. The van der Waals surface area contributed by atoms with E-state index < -0.39 is 17.6 Å². The largest absolute Gasteiger partial charge is 0.384 e. The first-order valence-corrected chi connectivity index (χ1v) is 22.0. The van der Waals surface area contributed by atoms with Gasteiger partial charge in [0.1, 0.15) is 17.0 Å². The second-order valence-corrected chi connectivity index (χ2v) is 17.5. The molecule has 17 heteroatoms. The molecule has 2 atom stereocenters. The average molecular weight is 853 g/mol. The number of para-hydroxylation sites is 1. The van der Waals surface area contributed by atoms with Gasteiger partial charge in [-0.3, -0.25) is 33.7 Å². The molecule has 6 aromatic rings. The van der Waals surface area contributed by atoms with Gasteiger partial charge in [0.05, 0.1) is 29.0 Å². The molecule has 0 radical (unpaired) electrons. The van der Waals surface area contributed by atoms with Crippen molar-refractivity contribution < 1.29 is 14.7 Å². The Morgan fingerprint density at radius 3 is 2.43 bits per heavy atom. The number of carbonyl (C=O) groups excluding carboxylic acids is 2. The predicted octanol–water partition coefficient (Wildman–Crippen LogP) is 3.95. The van der Waals surface area contributed by atoms with Crippen molar-refractivity contribution in [3.05, 3.63) is 106 Å². The number of piperazine rings is 1. The van der Waals surface area contributed by atoms with Crippen LogP contribution in [0.25, 0.3) is 27.9 Å². The van der Waals surface area contributed by atoms with Crippen LogP contribution in [0.5, 0.6) is 0 Å². The van der Waals surface area contributed by atoms with Gasteiger partial charge in [0.2, 0.25) is 17.8 Å². The Bertz CT molecular complexity index is 2870. The van der Waals surface area contributed by atoms with E-state index in [1.54, 1.807) is 38.7 Å². The van der Waals surface area contributed by atoms with Crippen LogP contribution >= 0.6 is 0 Å². The SMILES string of the molecule is Cn1c(=O)n(C2CCC(=O)NC2=O)c2cccc(N3CCC(CN4CCN(c5ccc(Nc6ncc7c(=O)n8n(c7n6)-c6cccc(n6)C(C)(O)CC/C=C\C8)cc5)CC4)CC3)c21. The van der Waals surface area contributed by atoms with E-state index in [0.717, 1.165) is 86.8 Å². The van der Waals surface area contributed by atoms with Crippen molar-refractivity contribution in [2.24, 2.45) is 13.0 Å². The lowest BCUT2D eigenvalue weighted by molar-refractivity contribution is -0.135. The molecule has 8 heterocycles. The molecule has 0 spiro atoms. The summed E-state index contributed by atoms with van der Waals surface area (Å²) in [4.78, 5) is 73.1. The first-order chi connectivity index (χ1) is 30.5. The fraction of sp³-hybridized carbons (Fsp3) is 0.413. The summed E-state index contributed by atoms with van der Waals surface area (Å²) in [6.45, 7) is 8.75. The van der Waals surface area contributed by atoms with E-state index in [9.17, 15) is 24.3 Å². The van der Waals surface area contributed by atoms with Crippen LogP contribution in [0.2, 0.25) is 0 Å². The molecule has 2 unspecified atom stereocenters. The molecule has 3 fully saturated rings. The van der Waals surface area contributed by atoms with Crippen molar-refractivity contribution in [1.82, 2.24) is 43.7 Å². The Morgan fingerprint density at radius 2 is 1.65 bits per heavy atom. The van der Waals surface area contributed by atoms with Gasteiger partial charge in [-0.2, -0.15) is 4.98 Å². The van der Waals surface area contributed by atoms with E-state index in [2.05, 4.69) is 48.5 Å². The number of nitrogens with zero attached hydrogens (tertiary/aromatic N) is 10. The number of aryl methyl sites for hydroxylation is 1. The van der Waals surface area contributed by atoms with Crippen LogP contribution in [-0.2, 0) is 28.8 Å². The zero-order chi connectivity index (χ0) is 43.4. The van der Waals surface area contributed by atoms with Crippen molar-refractivity contribution >= 4 is 56.9 Å². The van der Waals surface area contributed by atoms with Crippen LogP contribution in [0, 0.1) is 5.92 Å². The summed E-state index contributed by atoms with van der Waals surface area (Å²) >= 11 is 0. The van der Waals surface area contributed by atoms with E-state index in [1.165, 1.54) is 0 Å². The lowest BCUT2D eigenvalue weighted by Crippen LogP contribution is -2.49. The fourth-order valence-electron chi connectivity index (χ4n) is 9.81. The summed E-state index contributed by atoms with van der Waals surface area (Å²) in [5.41, 5.74) is 3.91. The minimum absolute atomic E-state index is 0.212. The monoisotopic (exact) mass is 852 g/mol. The lowest BCUT2D eigenvalue weighted by atomic mass is 9.95. The summed E-state index contributed by atoms with van der Waals surface area (Å²) in [6, 6.07) is 19.0. The van der Waals surface area contributed by atoms with Crippen molar-refractivity contribution in [2.75, 3.05) is 60.9 Å². The van der Waals surface area contributed by atoms with E-state index in [4.69, 9.17) is 9.97 Å². The number of imide groups is 1. The van der Waals surface area contributed by atoms with Gasteiger partial charge in [-0.1, -0.05) is 24.3 Å². The Labute approximate surface area is 363 Å². The summed E-state index contributed by atoms with van der Waals surface area (Å²) in [5.74, 6) is 0.711. The van der Waals surface area contributed by atoms with Crippen molar-refractivity contribution in [3.8, 4) is 5.82 Å². The zero-order valence-corrected chi connectivity index (χ0v) is 35.6. The number of pyridine rings is 1. The van der Waals surface area contributed by atoms with Gasteiger partial charge in [0, 0.05) is 76.9 Å². The van der Waals surface area contributed by atoms with Crippen LogP contribution in [0.3, 0.4) is 0 Å². The normalized spacial score (nSPS) is 21.9. The summed E-state index contributed by atoms with van der Waals surface area (Å²) in [5, 5.41) is 17.3. The Morgan fingerprint density at radius 1 is 0.873 bits per heavy atom. The van der Waals surface area contributed by atoms with Gasteiger partial charge < -0.3 is 20.2 Å². The molecular formula is C46H52N12O5. The van der Waals surface area contributed by atoms with Crippen molar-refractivity contribution in [3.63, 3.8) is 0 Å². The molecule has 4 aliphatic rings. The quantitative estimate of drug-likeness (QED) is 0.156. The highest BCUT2D eigenvalue weighted by Crippen LogP contribution is 2.33. The van der Waals surface area contributed by atoms with E-state index in [1.807, 2.05) is 54.6 Å². The standard InChI is InChI=1S/C46H52N12O5/c1-46(63)20-4-3-5-21-56-43(61)33-28-47-44(51-41(33)58(56)38-11-7-10-37(46)49-38)48-31-12-14-32(15-13-31)54-26-24-53(25-27-54)29-30-18-22-55(23-19-30)34-8-6-9-35-40(34)52(2)45(62)57(35)36-16-17-39(59)50-42(36)60/h3,5-15,28,30,36,63H,4,16-27,29H2,1-2H3,(H,47,48,51)(H,50,59,60)/b5-3-. The number of fused-ring (bicyclic) bond motifs is 7. The molecule has 17 nitrogen and oxygen atoms in total. The molecular weight excluding hydrogens is 801 g/mol. The number of anilines is 4. The number of carbonyl (C=O) groups is 2. The summed E-state index contributed by atoms with van der Waals surface area (Å²) in [7, 11) is 1.76. The number of amides is 2. The van der Waals surface area contributed by atoms with Gasteiger partial charge in [0.15, 0.2) is 11.5 Å². The third kappa shape index (κ3) is 7.58. The molecule has 0 aliphatic carbocycles. The number of aliphatic hydroxyl groups is 1. The lowest BCUT2D eigenvalue weighted by Gasteiger charge is -2.40. The maximum absolute atomic E-state index is 13.6. The number of rotatable bonds is 7. The predicted molar refractivity (Wildman–Crippen MR) is 241 cm³/mol. The molecule has 2 amide bonds. The number of imidazole rings is 1. The minimum atomic E-state index is -1.12. The number of benzene rings is 2. The highest BCUT2D eigenvalue weighted by atomic mass is 16.3. The summed E-state index contributed by atoms with van der Waals surface area (Å²) < 4.78 is 6.52. The van der Waals surface area contributed by atoms with Gasteiger partial charge >= 0.3 is 5.69 Å². The first-order valence-electron chi connectivity index (χ1n) is 22.0. The Kier molecular flexibility index (Phi) is 10.5. The molecule has 326 valence electrons. The number of aromatic nitrogens is 7. The van der Waals surface area contributed by atoms with Crippen LogP contribution in [0.15, 0.2) is 88.6 Å². The first kappa shape index (κ1) is 40.5. The molecule has 3 saturated heterocycles. The van der Waals surface area contributed by atoms with Crippen LogP contribution in [0.4, 0.5) is 23.0 Å². The maximum Gasteiger partial charge on any atom is 0.329 e. The average Bonchev–Trinajstić information content (AvgIpc) is 3.71. The van der Waals surface area contributed by atoms with E-state index >= 15 is 0 Å². The van der Waals surface area contributed by atoms with Crippen LogP contribution < -0.4 is 31.7 Å².